The summed E-state index contributed by atoms with van der Waals surface area (Å²) in [5.41, 5.74) is 0.850. The molecule has 0 rings (SSSR count). The Morgan fingerprint density at radius 2 is 0.361 bits per heavy atom. The standard InChI is InChI=1S/2C16H34N2/c2*1-13(2,3)11-15(7,8)17-18-16(9,10)12-14(4,5)6/h2*11-12H2,1-10H3. The third kappa shape index (κ3) is 24.9. The van der Waals surface area contributed by atoms with Crippen molar-refractivity contribution in [1.29, 1.82) is 0 Å². The summed E-state index contributed by atoms with van der Waals surface area (Å²) in [5, 5.41) is 18.5. The van der Waals surface area contributed by atoms with Gasteiger partial charge in [0.15, 0.2) is 0 Å². The quantitative estimate of drug-likeness (QED) is 0.293. The molecule has 0 heterocycles. The van der Waals surface area contributed by atoms with Crippen molar-refractivity contribution in [2.24, 2.45) is 42.1 Å². The monoisotopic (exact) mass is 509 g/mol. The highest BCUT2D eigenvalue weighted by Crippen LogP contribution is 2.35. The highest BCUT2D eigenvalue weighted by atomic mass is 15.2. The van der Waals surface area contributed by atoms with Gasteiger partial charge in [0.1, 0.15) is 0 Å². The van der Waals surface area contributed by atoms with E-state index in [4.69, 9.17) is 0 Å². The Kier molecular flexibility index (Phi) is 12.8. The number of azo groups is 2. The third-order valence-electron chi connectivity index (χ3n) is 5.03. The highest BCUT2D eigenvalue weighted by Gasteiger charge is 2.30. The van der Waals surface area contributed by atoms with Crippen molar-refractivity contribution in [1.82, 2.24) is 0 Å². The zero-order chi connectivity index (χ0) is 29.7. The minimum Gasteiger partial charge on any atom is -0.187 e. The molecule has 0 aromatic rings. The largest absolute Gasteiger partial charge is 0.187 e. The van der Waals surface area contributed by atoms with Crippen molar-refractivity contribution < 1.29 is 0 Å². The molecular formula is C32H68N4. The van der Waals surface area contributed by atoms with E-state index >= 15 is 0 Å². The zero-order valence-corrected chi connectivity index (χ0v) is 28.6. The van der Waals surface area contributed by atoms with Crippen molar-refractivity contribution in [2.45, 2.75) is 186 Å². The van der Waals surface area contributed by atoms with Crippen LogP contribution in [-0.4, -0.2) is 22.2 Å². The summed E-state index contributed by atoms with van der Waals surface area (Å²) in [6, 6.07) is 0. The topological polar surface area (TPSA) is 49.4 Å². The van der Waals surface area contributed by atoms with E-state index in [1.165, 1.54) is 0 Å². The molecule has 36 heavy (non-hydrogen) atoms. The van der Waals surface area contributed by atoms with Crippen LogP contribution in [0.4, 0.5) is 0 Å². The smallest absolute Gasteiger partial charge is 0.0765 e. The summed E-state index contributed by atoms with van der Waals surface area (Å²) in [7, 11) is 0. The summed E-state index contributed by atoms with van der Waals surface area (Å²) in [6.07, 6.45) is 4.20. The number of hydrogen-bond acceptors (Lipinski definition) is 4. The molecule has 4 heteroatoms. The van der Waals surface area contributed by atoms with Gasteiger partial charge < -0.3 is 0 Å². The van der Waals surface area contributed by atoms with Gasteiger partial charge >= 0.3 is 0 Å². The second-order valence-electron chi connectivity index (χ2n) is 18.6. The minimum absolute atomic E-state index is 0.0760. The average Bonchev–Trinajstić information content (AvgIpc) is 2.43. The Balaban J connectivity index is 0. The van der Waals surface area contributed by atoms with Crippen molar-refractivity contribution in [3.63, 3.8) is 0 Å². The fourth-order valence-electron chi connectivity index (χ4n) is 5.87. The Morgan fingerprint density at radius 1 is 0.250 bits per heavy atom. The van der Waals surface area contributed by atoms with Crippen LogP contribution in [0.3, 0.4) is 0 Å². The average molecular weight is 509 g/mol. The van der Waals surface area contributed by atoms with Crippen LogP contribution in [0.5, 0.6) is 0 Å². The lowest BCUT2D eigenvalue weighted by molar-refractivity contribution is 0.248. The van der Waals surface area contributed by atoms with E-state index in [1.807, 2.05) is 0 Å². The molecule has 0 radical (unpaired) electrons. The maximum Gasteiger partial charge on any atom is 0.0765 e. The van der Waals surface area contributed by atoms with Gasteiger partial charge in [-0.05, 0) is 103 Å². The van der Waals surface area contributed by atoms with Crippen LogP contribution < -0.4 is 0 Å². The third-order valence-corrected chi connectivity index (χ3v) is 5.03. The lowest BCUT2D eigenvalue weighted by Crippen LogP contribution is -2.28. The van der Waals surface area contributed by atoms with E-state index in [9.17, 15) is 0 Å². The highest BCUT2D eigenvalue weighted by molar-refractivity contribution is 4.88. The number of hydrogen-bond donors (Lipinski definition) is 0. The van der Waals surface area contributed by atoms with Crippen LogP contribution >= 0.6 is 0 Å². The van der Waals surface area contributed by atoms with Crippen LogP contribution in [0.25, 0.3) is 0 Å². The molecule has 4 nitrogen and oxygen atoms in total. The van der Waals surface area contributed by atoms with Crippen LogP contribution in [0.2, 0.25) is 0 Å². The summed E-state index contributed by atoms with van der Waals surface area (Å²) in [5.74, 6) is 0. The Morgan fingerprint density at radius 3 is 0.444 bits per heavy atom. The first kappa shape index (κ1) is 37.4. The summed E-state index contributed by atoms with van der Waals surface area (Å²) < 4.78 is 0. The Bertz CT molecular complexity index is 572. The molecule has 0 bridgehead atoms. The summed E-state index contributed by atoms with van der Waals surface area (Å²) >= 11 is 0. The molecule has 0 spiro atoms. The molecule has 0 aliphatic heterocycles. The second kappa shape index (κ2) is 12.4. The van der Waals surface area contributed by atoms with E-state index in [0.29, 0.717) is 0 Å². The molecule has 216 valence electrons. The van der Waals surface area contributed by atoms with Crippen LogP contribution in [-0.2, 0) is 0 Å². The van der Waals surface area contributed by atoms with E-state index in [2.05, 4.69) is 159 Å². The van der Waals surface area contributed by atoms with E-state index in [1.54, 1.807) is 0 Å². The first-order valence-electron chi connectivity index (χ1n) is 14.1. The number of rotatable bonds is 8. The normalized spacial score (nSPS) is 15.4. The summed E-state index contributed by atoms with van der Waals surface area (Å²) in [4.78, 5) is 0. The molecule has 0 fully saturated rings. The predicted molar refractivity (Wildman–Crippen MR) is 162 cm³/mol. The molecular weight excluding hydrogens is 440 g/mol. The molecule has 0 amide bonds. The van der Waals surface area contributed by atoms with Crippen LogP contribution in [0, 0.1) is 21.7 Å². The van der Waals surface area contributed by atoms with Gasteiger partial charge in [-0.15, -0.1) is 0 Å². The SMILES string of the molecule is CC(C)(C)CC(C)(C)N=NC(C)(C)CC(C)(C)C.CC(C)(C)CC(C)(C)N=NC(C)(C)CC(C)(C)C. The lowest BCUT2D eigenvalue weighted by atomic mass is 9.81. The molecule has 0 aromatic carbocycles. The molecule has 0 aromatic heterocycles. The first-order valence-corrected chi connectivity index (χ1v) is 14.1. The Labute approximate surface area is 228 Å². The molecule has 0 N–H and O–H groups in total. The zero-order valence-electron chi connectivity index (χ0n) is 28.6. The van der Waals surface area contributed by atoms with Gasteiger partial charge in [0.25, 0.3) is 0 Å². The van der Waals surface area contributed by atoms with Gasteiger partial charge in [0.05, 0.1) is 22.2 Å². The molecule has 0 saturated heterocycles. The predicted octanol–water partition coefficient (Wildman–Crippen LogP) is 11.7. The van der Waals surface area contributed by atoms with Crippen molar-refractivity contribution in [3.8, 4) is 0 Å². The van der Waals surface area contributed by atoms with E-state index < -0.39 is 0 Å². The molecule has 0 aliphatic carbocycles. The van der Waals surface area contributed by atoms with Gasteiger partial charge in [0.2, 0.25) is 0 Å². The van der Waals surface area contributed by atoms with E-state index in [0.717, 1.165) is 25.7 Å². The van der Waals surface area contributed by atoms with Gasteiger partial charge in [-0.25, -0.2) is 0 Å². The van der Waals surface area contributed by atoms with Crippen LogP contribution in [0.15, 0.2) is 20.5 Å². The van der Waals surface area contributed by atoms with Gasteiger partial charge in [0, 0.05) is 0 Å². The maximum atomic E-state index is 4.62. The van der Waals surface area contributed by atoms with Gasteiger partial charge in [-0.2, -0.15) is 20.5 Å². The molecule has 0 saturated carbocycles. The second-order valence-corrected chi connectivity index (χ2v) is 18.6. The fraction of sp³-hybridized carbons (Fsp3) is 1.00. The maximum absolute atomic E-state index is 4.62. The van der Waals surface area contributed by atoms with Crippen molar-refractivity contribution in [3.05, 3.63) is 0 Å². The van der Waals surface area contributed by atoms with Crippen molar-refractivity contribution in [2.75, 3.05) is 0 Å². The van der Waals surface area contributed by atoms with Crippen LogP contribution in [0.1, 0.15) is 164 Å². The lowest BCUT2D eigenvalue weighted by Gasteiger charge is -2.31. The molecule has 0 atom stereocenters. The first-order chi connectivity index (χ1) is 15.2. The van der Waals surface area contributed by atoms with Crippen molar-refractivity contribution >= 4 is 0 Å². The molecule has 0 aliphatic rings. The Hall–Kier alpha value is -0.800. The fourth-order valence-corrected chi connectivity index (χ4v) is 5.87. The minimum atomic E-state index is -0.0760. The van der Waals surface area contributed by atoms with Gasteiger partial charge in [-0.1, -0.05) is 83.1 Å². The van der Waals surface area contributed by atoms with E-state index in [-0.39, 0.29) is 43.8 Å². The number of nitrogens with zero attached hydrogens (tertiary/aromatic N) is 4. The van der Waals surface area contributed by atoms with Gasteiger partial charge in [-0.3, -0.25) is 0 Å². The molecule has 0 unspecified atom stereocenters. The summed E-state index contributed by atoms with van der Waals surface area (Å²) in [6.45, 7) is 44.5.